The van der Waals surface area contributed by atoms with Gasteiger partial charge in [-0.25, -0.2) is 0 Å². The first-order chi connectivity index (χ1) is 15.5. The molecule has 4 rings (SSSR count). The molecule has 0 fully saturated rings. The summed E-state index contributed by atoms with van der Waals surface area (Å²) in [5.41, 5.74) is 4.93. The lowest BCUT2D eigenvalue weighted by Gasteiger charge is -2.15. The van der Waals surface area contributed by atoms with Gasteiger partial charge >= 0.3 is 0 Å². The highest BCUT2D eigenvalue weighted by molar-refractivity contribution is 8.00. The molecule has 162 valence electrons. The lowest BCUT2D eigenvalue weighted by Crippen LogP contribution is -2.23. The second kappa shape index (κ2) is 9.78. The summed E-state index contributed by atoms with van der Waals surface area (Å²) in [5.74, 6) is 0.345. The summed E-state index contributed by atoms with van der Waals surface area (Å²) in [5, 5.41) is 15.3. The number of amides is 1. The Hall–Kier alpha value is -3.45. The van der Waals surface area contributed by atoms with Gasteiger partial charge in [0.1, 0.15) is 0 Å². The number of para-hydroxylation sites is 1. The van der Waals surface area contributed by atoms with Crippen LogP contribution in [0.4, 0.5) is 5.69 Å². The number of carbonyl (C=O) groups excluding carboxylic acids is 1. The third kappa shape index (κ3) is 4.89. The number of hydrogen-bond acceptors (Lipinski definition) is 5. The van der Waals surface area contributed by atoms with Gasteiger partial charge in [-0.15, -0.1) is 5.10 Å². The molecule has 0 saturated heterocycles. The average molecular weight is 444 g/mol. The Bertz CT molecular complexity index is 1190. The van der Waals surface area contributed by atoms with E-state index in [0.29, 0.717) is 11.1 Å². The molecular weight excluding hydrogens is 418 g/mol. The van der Waals surface area contributed by atoms with E-state index in [1.165, 1.54) is 17.3 Å². The van der Waals surface area contributed by atoms with Crippen LogP contribution >= 0.6 is 11.8 Å². The van der Waals surface area contributed by atoms with Crippen molar-refractivity contribution in [1.29, 1.82) is 0 Å². The number of nitrogens with zero attached hydrogens (tertiary/aromatic N) is 4. The summed E-state index contributed by atoms with van der Waals surface area (Å²) >= 11 is 1.33. The number of rotatable bonds is 7. The molecule has 0 spiro atoms. The van der Waals surface area contributed by atoms with Gasteiger partial charge in [-0.2, -0.15) is 4.68 Å². The summed E-state index contributed by atoms with van der Waals surface area (Å²) in [6, 6.07) is 26.0. The van der Waals surface area contributed by atoms with Crippen molar-refractivity contribution in [3.63, 3.8) is 0 Å². The van der Waals surface area contributed by atoms with E-state index in [2.05, 4.69) is 46.8 Å². The van der Waals surface area contributed by atoms with E-state index in [-0.39, 0.29) is 5.91 Å². The maximum atomic E-state index is 13.0. The first-order valence-electron chi connectivity index (χ1n) is 10.5. The number of benzene rings is 3. The SMILES string of the molecule is CC(C)c1ccc(-n2nnnc2S[C@H](C)C(=O)Nc2ccccc2-c2ccccc2)cc1. The molecular formula is C25H25N5OS. The van der Waals surface area contributed by atoms with Gasteiger partial charge in [0.05, 0.1) is 10.9 Å². The van der Waals surface area contributed by atoms with Gasteiger partial charge in [0.15, 0.2) is 0 Å². The zero-order valence-electron chi connectivity index (χ0n) is 18.3. The molecule has 32 heavy (non-hydrogen) atoms. The molecule has 4 aromatic rings. The second-order valence-corrected chi connectivity index (χ2v) is 9.09. The van der Waals surface area contributed by atoms with E-state index in [1.54, 1.807) is 4.68 Å². The first kappa shape index (κ1) is 21.8. The van der Waals surface area contributed by atoms with Crippen molar-refractivity contribution in [2.45, 2.75) is 37.1 Å². The molecule has 0 bridgehead atoms. The van der Waals surface area contributed by atoms with Gasteiger partial charge in [0.2, 0.25) is 11.1 Å². The number of nitrogens with one attached hydrogen (secondary N) is 1. The van der Waals surface area contributed by atoms with Crippen LogP contribution in [0.25, 0.3) is 16.8 Å². The third-order valence-electron chi connectivity index (χ3n) is 5.17. The van der Waals surface area contributed by atoms with Crippen LogP contribution in [-0.4, -0.2) is 31.4 Å². The highest BCUT2D eigenvalue weighted by Crippen LogP contribution is 2.29. The Morgan fingerprint density at radius 1 is 0.906 bits per heavy atom. The highest BCUT2D eigenvalue weighted by Gasteiger charge is 2.20. The minimum absolute atomic E-state index is 0.108. The van der Waals surface area contributed by atoms with E-state index in [0.717, 1.165) is 22.5 Å². The summed E-state index contributed by atoms with van der Waals surface area (Å²) in [7, 11) is 0. The van der Waals surface area contributed by atoms with E-state index in [1.807, 2.05) is 73.7 Å². The Kier molecular flexibility index (Phi) is 6.66. The monoisotopic (exact) mass is 443 g/mol. The lowest BCUT2D eigenvalue weighted by molar-refractivity contribution is -0.115. The quantitative estimate of drug-likeness (QED) is 0.378. The third-order valence-corrected chi connectivity index (χ3v) is 6.20. The fourth-order valence-corrected chi connectivity index (χ4v) is 4.13. The van der Waals surface area contributed by atoms with E-state index in [9.17, 15) is 4.79 Å². The van der Waals surface area contributed by atoms with Gasteiger partial charge in [0.25, 0.3) is 0 Å². The zero-order valence-corrected chi connectivity index (χ0v) is 19.1. The molecule has 0 aliphatic carbocycles. The average Bonchev–Trinajstić information content (AvgIpc) is 3.28. The molecule has 0 aliphatic rings. The van der Waals surface area contributed by atoms with Gasteiger partial charge in [-0.3, -0.25) is 4.79 Å². The molecule has 1 amide bonds. The molecule has 1 aromatic heterocycles. The minimum Gasteiger partial charge on any atom is -0.325 e. The van der Waals surface area contributed by atoms with Crippen LogP contribution in [0, 0.1) is 0 Å². The number of hydrogen-bond donors (Lipinski definition) is 1. The topological polar surface area (TPSA) is 72.7 Å². The lowest BCUT2D eigenvalue weighted by atomic mass is 10.0. The summed E-state index contributed by atoms with van der Waals surface area (Å²) in [6.07, 6.45) is 0. The Labute approximate surface area is 192 Å². The molecule has 0 unspecified atom stereocenters. The summed E-state index contributed by atoms with van der Waals surface area (Å²) < 4.78 is 1.66. The number of tetrazole rings is 1. The molecule has 1 N–H and O–H groups in total. The summed E-state index contributed by atoms with van der Waals surface area (Å²) in [4.78, 5) is 13.0. The molecule has 7 heteroatoms. The van der Waals surface area contributed by atoms with Crippen molar-refractivity contribution in [2.24, 2.45) is 0 Å². The fraction of sp³-hybridized carbons (Fsp3) is 0.200. The number of thioether (sulfide) groups is 1. The predicted octanol–water partition coefficient (Wildman–Crippen LogP) is 5.57. The van der Waals surface area contributed by atoms with Crippen LogP contribution < -0.4 is 5.32 Å². The molecule has 0 radical (unpaired) electrons. The van der Waals surface area contributed by atoms with E-state index in [4.69, 9.17) is 0 Å². The molecule has 1 atom stereocenters. The van der Waals surface area contributed by atoms with Crippen LogP contribution in [0.5, 0.6) is 0 Å². The number of carbonyl (C=O) groups is 1. The second-order valence-electron chi connectivity index (χ2n) is 7.78. The van der Waals surface area contributed by atoms with Crippen LogP contribution in [0.15, 0.2) is 84.0 Å². The zero-order chi connectivity index (χ0) is 22.5. The number of aromatic nitrogens is 4. The standard InChI is InChI=1S/C25H25N5OS/c1-17(2)19-13-15-21(16-14-19)30-25(27-28-29-30)32-18(3)24(31)26-23-12-8-7-11-22(23)20-9-5-4-6-10-20/h4-18H,1-3H3,(H,26,31)/t18-/m1/s1. The largest absolute Gasteiger partial charge is 0.325 e. The number of anilines is 1. The normalized spacial score (nSPS) is 12.0. The molecule has 1 heterocycles. The minimum atomic E-state index is -0.390. The molecule has 3 aromatic carbocycles. The van der Waals surface area contributed by atoms with Crippen molar-refractivity contribution < 1.29 is 4.79 Å². The highest BCUT2D eigenvalue weighted by atomic mass is 32.2. The van der Waals surface area contributed by atoms with Crippen molar-refractivity contribution in [2.75, 3.05) is 5.32 Å². The van der Waals surface area contributed by atoms with Crippen molar-refractivity contribution in [3.05, 3.63) is 84.4 Å². The van der Waals surface area contributed by atoms with Crippen molar-refractivity contribution in [3.8, 4) is 16.8 Å². The molecule has 0 aliphatic heterocycles. The summed E-state index contributed by atoms with van der Waals surface area (Å²) in [6.45, 7) is 6.17. The molecule has 6 nitrogen and oxygen atoms in total. The van der Waals surface area contributed by atoms with Gasteiger partial charge < -0.3 is 5.32 Å². The van der Waals surface area contributed by atoms with Gasteiger partial charge in [-0.1, -0.05) is 86.3 Å². The van der Waals surface area contributed by atoms with Gasteiger partial charge in [0, 0.05) is 11.3 Å². The maximum Gasteiger partial charge on any atom is 0.237 e. The fourth-order valence-electron chi connectivity index (χ4n) is 3.32. The Balaban J connectivity index is 1.49. The van der Waals surface area contributed by atoms with Crippen molar-refractivity contribution >= 4 is 23.4 Å². The smallest absolute Gasteiger partial charge is 0.237 e. The molecule has 0 saturated carbocycles. The Morgan fingerprint density at radius 3 is 2.31 bits per heavy atom. The maximum absolute atomic E-state index is 13.0. The van der Waals surface area contributed by atoms with Crippen LogP contribution in [0.1, 0.15) is 32.3 Å². The van der Waals surface area contributed by atoms with Crippen LogP contribution in [0.3, 0.4) is 0 Å². The van der Waals surface area contributed by atoms with Gasteiger partial charge in [-0.05, 0) is 52.6 Å². The van der Waals surface area contributed by atoms with E-state index < -0.39 is 5.25 Å². The Morgan fingerprint density at radius 2 is 1.59 bits per heavy atom. The first-order valence-corrected chi connectivity index (χ1v) is 11.4. The van der Waals surface area contributed by atoms with Crippen LogP contribution in [-0.2, 0) is 4.79 Å². The van der Waals surface area contributed by atoms with Crippen molar-refractivity contribution in [1.82, 2.24) is 20.2 Å². The predicted molar refractivity (Wildman–Crippen MR) is 129 cm³/mol. The van der Waals surface area contributed by atoms with Crippen LogP contribution in [0.2, 0.25) is 0 Å². The van der Waals surface area contributed by atoms with E-state index >= 15 is 0 Å².